The lowest BCUT2D eigenvalue weighted by molar-refractivity contribution is -0.222. The monoisotopic (exact) mass is 426 g/mol. The van der Waals surface area contributed by atoms with Gasteiger partial charge in [-0.25, -0.2) is 9.59 Å². The number of esters is 2. The van der Waals surface area contributed by atoms with Crippen molar-refractivity contribution in [3.8, 4) is 11.5 Å². The van der Waals surface area contributed by atoms with Gasteiger partial charge in [0.1, 0.15) is 5.57 Å². The van der Waals surface area contributed by atoms with Crippen molar-refractivity contribution in [3.63, 3.8) is 0 Å². The van der Waals surface area contributed by atoms with E-state index in [-0.39, 0.29) is 5.57 Å². The molecule has 0 aromatic heterocycles. The summed E-state index contributed by atoms with van der Waals surface area (Å²) in [5.74, 6) is -1.57. The average Bonchev–Trinajstić information content (AvgIpc) is 2.53. The largest absolute Gasteiger partial charge is 0.490 e. The Kier molecular flexibility index (Phi) is 6.69. The van der Waals surface area contributed by atoms with E-state index in [0.29, 0.717) is 34.7 Å². The van der Waals surface area contributed by atoms with Crippen LogP contribution < -0.4 is 9.47 Å². The van der Waals surface area contributed by atoms with Crippen molar-refractivity contribution in [2.45, 2.75) is 46.3 Å². The van der Waals surface area contributed by atoms with Gasteiger partial charge >= 0.3 is 11.9 Å². The summed E-state index contributed by atoms with van der Waals surface area (Å²) in [6, 6.07) is 3.47. The molecule has 0 saturated carbocycles. The van der Waals surface area contributed by atoms with E-state index in [1.807, 2.05) is 6.92 Å². The summed E-state index contributed by atoms with van der Waals surface area (Å²) >= 11 is 3.45. The molecule has 1 aromatic rings. The van der Waals surface area contributed by atoms with Gasteiger partial charge in [-0.05, 0) is 37.1 Å². The highest BCUT2D eigenvalue weighted by Gasteiger charge is 2.39. The van der Waals surface area contributed by atoms with Crippen LogP contribution in [0.2, 0.25) is 0 Å². The fourth-order valence-electron chi connectivity index (χ4n) is 2.30. The highest BCUT2D eigenvalue weighted by Crippen LogP contribution is 2.36. The van der Waals surface area contributed by atoms with Crippen molar-refractivity contribution in [3.05, 3.63) is 27.7 Å². The molecule has 0 N–H and O–H groups in total. The van der Waals surface area contributed by atoms with Crippen LogP contribution in [0.5, 0.6) is 11.5 Å². The van der Waals surface area contributed by atoms with E-state index in [0.717, 1.165) is 12.8 Å². The maximum Gasteiger partial charge on any atom is 0.348 e. The van der Waals surface area contributed by atoms with E-state index >= 15 is 0 Å². The number of cyclic esters (lactones) is 2. The molecule has 0 aliphatic carbocycles. The average molecular weight is 427 g/mol. The second-order valence-electron chi connectivity index (χ2n) is 6.19. The summed E-state index contributed by atoms with van der Waals surface area (Å²) in [5.41, 5.74) is 0.409. The number of carbonyl (C=O) groups excluding carboxylic acids is 2. The Labute approximate surface area is 161 Å². The van der Waals surface area contributed by atoms with Crippen LogP contribution in [0, 0.1) is 0 Å². The number of hydrogen-bond acceptors (Lipinski definition) is 6. The van der Waals surface area contributed by atoms with Crippen molar-refractivity contribution < 1.29 is 28.5 Å². The van der Waals surface area contributed by atoms with Crippen molar-refractivity contribution in [1.29, 1.82) is 0 Å². The highest BCUT2D eigenvalue weighted by molar-refractivity contribution is 9.10. The maximum atomic E-state index is 12.1. The van der Waals surface area contributed by atoms with Gasteiger partial charge in [0.25, 0.3) is 5.79 Å². The second-order valence-corrected chi connectivity index (χ2v) is 7.05. The Morgan fingerprint density at radius 2 is 1.69 bits per heavy atom. The molecule has 7 heteroatoms. The SMILES string of the molecule is CCCCOc1cc(Br)c(C=C2C(=O)OC(C)(C)OC2=O)cc1OCC. The maximum absolute atomic E-state index is 12.1. The van der Waals surface area contributed by atoms with Crippen molar-refractivity contribution in [2.75, 3.05) is 13.2 Å². The Morgan fingerprint density at radius 3 is 2.27 bits per heavy atom. The summed E-state index contributed by atoms with van der Waals surface area (Å²) in [4.78, 5) is 24.3. The number of hydrogen-bond donors (Lipinski definition) is 0. The Morgan fingerprint density at radius 1 is 1.08 bits per heavy atom. The summed E-state index contributed by atoms with van der Waals surface area (Å²) in [7, 11) is 0. The van der Waals surface area contributed by atoms with Crippen LogP contribution in [0.1, 0.15) is 46.1 Å². The van der Waals surface area contributed by atoms with Gasteiger partial charge in [0, 0.05) is 18.3 Å². The molecule has 0 amide bonds. The molecule has 0 atom stereocenters. The lowest BCUT2D eigenvalue weighted by Crippen LogP contribution is -2.41. The minimum atomic E-state index is -1.27. The van der Waals surface area contributed by atoms with Crippen LogP contribution in [-0.4, -0.2) is 30.9 Å². The molecule has 0 spiro atoms. The van der Waals surface area contributed by atoms with Gasteiger partial charge in [-0.1, -0.05) is 29.3 Å². The van der Waals surface area contributed by atoms with Crippen LogP contribution in [0.15, 0.2) is 22.2 Å². The van der Waals surface area contributed by atoms with Gasteiger partial charge in [-0.3, -0.25) is 0 Å². The van der Waals surface area contributed by atoms with Crippen LogP contribution in [-0.2, 0) is 19.1 Å². The van der Waals surface area contributed by atoms with Gasteiger partial charge < -0.3 is 18.9 Å². The molecule has 142 valence electrons. The van der Waals surface area contributed by atoms with E-state index in [2.05, 4.69) is 22.9 Å². The van der Waals surface area contributed by atoms with Gasteiger partial charge in [-0.2, -0.15) is 0 Å². The van der Waals surface area contributed by atoms with E-state index in [9.17, 15) is 9.59 Å². The molecule has 1 heterocycles. The minimum Gasteiger partial charge on any atom is -0.490 e. The predicted molar refractivity (Wildman–Crippen MR) is 100.0 cm³/mol. The number of rotatable bonds is 7. The molecule has 2 rings (SSSR count). The summed E-state index contributed by atoms with van der Waals surface area (Å²) in [5, 5.41) is 0. The molecule has 1 aliphatic heterocycles. The molecule has 0 bridgehead atoms. The molecular formula is C19H23BrO6. The minimum absolute atomic E-state index is 0.174. The highest BCUT2D eigenvalue weighted by atomic mass is 79.9. The Bertz CT molecular complexity index is 701. The third kappa shape index (κ3) is 5.00. The van der Waals surface area contributed by atoms with E-state index in [1.165, 1.54) is 19.9 Å². The zero-order valence-corrected chi connectivity index (χ0v) is 17.0. The first-order chi connectivity index (χ1) is 12.3. The molecule has 1 aromatic carbocycles. The molecule has 1 aliphatic rings. The van der Waals surface area contributed by atoms with Crippen molar-refractivity contribution >= 4 is 33.9 Å². The summed E-state index contributed by atoms with van der Waals surface area (Å²) < 4.78 is 22.3. The number of ether oxygens (including phenoxy) is 4. The number of halogens is 1. The smallest absolute Gasteiger partial charge is 0.348 e. The molecule has 0 unspecified atom stereocenters. The standard InChI is InChI=1S/C19H23BrO6/c1-5-7-8-24-16-11-14(20)12(10-15(16)23-6-2)9-13-17(21)25-19(3,4)26-18(13)22/h9-11H,5-8H2,1-4H3. The van der Waals surface area contributed by atoms with E-state index < -0.39 is 17.7 Å². The Balaban J connectivity index is 2.35. The zero-order chi connectivity index (χ0) is 19.3. The predicted octanol–water partition coefficient (Wildman–Crippen LogP) is 4.25. The van der Waals surface area contributed by atoms with Crippen LogP contribution in [0.3, 0.4) is 0 Å². The lowest BCUT2D eigenvalue weighted by atomic mass is 10.1. The van der Waals surface area contributed by atoms with Crippen LogP contribution in [0.25, 0.3) is 6.08 Å². The zero-order valence-electron chi connectivity index (χ0n) is 15.4. The third-order valence-electron chi connectivity index (χ3n) is 3.53. The van der Waals surface area contributed by atoms with E-state index in [1.54, 1.807) is 12.1 Å². The van der Waals surface area contributed by atoms with E-state index in [4.69, 9.17) is 18.9 Å². The van der Waals surface area contributed by atoms with Gasteiger partial charge in [0.15, 0.2) is 11.5 Å². The number of unbranched alkanes of at least 4 members (excludes halogenated alkanes) is 1. The normalized spacial score (nSPS) is 16.0. The molecule has 6 nitrogen and oxygen atoms in total. The quantitative estimate of drug-likeness (QED) is 0.281. The third-order valence-corrected chi connectivity index (χ3v) is 4.22. The fourth-order valence-corrected chi connectivity index (χ4v) is 2.74. The number of carbonyl (C=O) groups is 2. The first-order valence-electron chi connectivity index (χ1n) is 8.55. The number of benzene rings is 1. The fraction of sp³-hybridized carbons (Fsp3) is 0.474. The summed E-state index contributed by atoms with van der Waals surface area (Å²) in [6.07, 6.45) is 3.38. The van der Waals surface area contributed by atoms with Crippen molar-refractivity contribution in [2.24, 2.45) is 0 Å². The van der Waals surface area contributed by atoms with Gasteiger partial charge in [0.05, 0.1) is 13.2 Å². The molecule has 0 radical (unpaired) electrons. The topological polar surface area (TPSA) is 71.1 Å². The molecule has 26 heavy (non-hydrogen) atoms. The first kappa shape index (κ1) is 20.3. The Hall–Kier alpha value is -2.02. The van der Waals surface area contributed by atoms with Crippen LogP contribution >= 0.6 is 15.9 Å². The van der Waals surface area contributed by atoms with Gasteiger partial charge in [-0.15, -0.1) is 0 Å². The molecule has 1 fully saturated rings. The lowest BCUT2D eigenvalue weighted by Gasteiger charge is -2.29. The van der Waals surface area contributed by atoms with Crippen molar-refractivity contribution in [1.82, 2.24) is 0 Å². The summed E-state index contributed by atoms with van der Waals surface area (Å²) in [6.45, 7) is 8.00. The first-order valence-corrected chi connectivity index (χ1v) is 9.34. The molecular weight excluding hydrogens is 404 g/mol. The van der Waals surface area contributed by atoms with Gasteiger partial charge in [0.2, 0.25) is 0 Å². The molecule has 1 saturated heterocycles. The van der Waals surface area contributed by atoms with Crippen LogP contribution in [0.4, 0.5) is 0 Å². The second kappa shape index (κ2) is 8.58.